The number of carbonyl (C=O) groups excluding carboxylic acids is 1. The van der Waals surface area contributed by atoms with Crippen LogP contribution in [0.5, 0.6) is 0 Å². The van der Waals surface area contributed by atoms with Gasteiger partial charge < -0.3 is 20.2 Å². The van der Waals surface area contributed by atoms with E-state index in [2.05, 4.69) is 20.6 Å². The van der Waals surface area contributed by atoms with E-state index in [0.29, 0.717) is 18.7 Å². The summed E-state index contributed by atoms with van der Waals surface area (Å²) in [6, 6.07) is 1.59. The first-order valence-electron chi connectivity index (χ1n) is 6.73. The maximum absolute atomic E-state index is 11.8. The van der Waals surface area contributed by atoms with Gasteiger partial charge in [-0.25, -0.2) is 9.78 Å². The van der Waals surface area contributed by atoms with Crippen LogP contribution >= 0.6 is 0 Å². The molecule has 2 rings (SSSR count). The van der Waals surface area contributed by atoms with Gasteiger partial charge in [-0.05, 0) is 25.5 Å². The third-order valence-electron chi connectivity index (χ3n) is 3.13. The number of nitrogens with one attached hydrogen (secondary N) is 3. The summed E-state index contributed by atoms with van der Waals surface area (Å²) in [6.45, 7) is 5.03. The standard InChI is InChI=1S/C14H19N5O2/c1-10-7-11(2)18-13(20)12(10)8-17-14(21)16-4-6-19-5-3-15-9-19/h3,5,7,9H,4,6,8H2,1-2H3,(H,18,20)(H2,16,17,21). The first kappa shape index (κ1) is 14.8. The van der Waals surface area contributed by atoms with Crippen molar-refractivity contribution in [1.82, 2.24) is 25.2 Å². The molecule has 0 aliphatic carbocycles. The Morgan fingerprint density at radius 2 is 2.19 bits per heavy atom. The second-order valence-corrected chi connectivity index (χ2v) is 4.85. The molecule has 7 nitrogen and oxygen atoms in total. The highest BCUT2D eigenvalue weighted by Crippen LogP contribution is 2.02. The Bertz CT molecular complexity index is 660. The van der Waals surface area contributed by atoms with Crippen LogP contribution in [0.4, 0.5) is 4.79 Å². The van der Waals surface area contributed by atoms with E-state index in [9.17, 15) is 9.59 Å². The van der Waals surface area contributed by atoms with Crippen molar-refractivity contribution in [3.05, 3.63) is 52.0 Å². The Kier molecular flexibility index (Phi) is 4.76. The Balaban J connectivity index is 1.80. The van der Waals surface area contributed by atoms with Crippen LogP contribution in [-0.2, 0) is 13.1 Å². The molecule has 0 unspecified atom stereocenters. The van der Waals surface area contributed by atoms with Crippen LogP contribution in [0.2, 0.25) is 0 Å². The average Bonchev–Trinajstić information content (AvgIpc) is 2.90. The van der Waals surface area contributed by atoms with Crippen LogP contribution in [0.1, 0.15) is 16.8 Å². The molecule has 21 heavy (non-hydrogen) atoms. The lowest BCUT2D eigenvalue weighted by molar-refractivity contribution is 0.240. The summed E-state index contributed by atoms with van der Waals surface area (Å²) in [6.07, 6.45) is 5.20. The minimum Gasteiger partial charge on any atom is -0.336 e. The third-order valence-corrected chi connectivity index (χ3v) is 3.13. The van der Waals surface area contributed by atoms with Gasteiger partial charge in [-0.15, -0.1) is 0 Å². The summed E-state index contributed by atoms with van der Waals surface area (Å²) in [5, 5.41) is 5.42. The number of pyridine rings is 1. The zero-order valence-corrected chi connectivity index (χ0v) is 12.1. The molecule has 3 N–H and O–H groups in total. The molecule has 0 saturated carbocycles. The number of carbonyl (C=O) groups is 1. The number of aromatic amines is 1. The highest BCUT2D eigenvalue weighted by molar-refractivity contribution is 5.73. The molecule has 2 aromatic rings. The van der Waals surface area contributed by atoms with E-state index in [-0.39, 0.29) is 18.1 Å². The van der Waals surface area contributed by atoms with Gasteiger partial charge >= 0.3 is 6.03 Å². The van der Waals surface area contributed by atoms with Crippen LogP contribution < -0.4 is 16.2 Å². The van der Waals surface area contributed by atoms with Crippen molar-refractivity contribution in [3.63, 3.8) is 0 Å². The molecule has 2 amide bonds. The number of hydrogen-bond donors (Lipinski definition) is 3. The summed E-state index contributed by atoms with van der Waals surface area (Å²) in [4.78, 5) is 30.1. The fourth-order valence-electron chi connectivity index (χ4n) is 2.05. The number of rotatable bonds is 5. The quantitative estimate of drug-likeness (QED) is 0.756. The predicted molar refractivity (Wildman–Crippen MR) is 79.0 cm³/mol. The topological polar surface area (TPSA) is 91.8 Å². The van der Waals surface area contributed by atoms with Gasteiger partial charge in [0.05, 0.1) is 12.9 Å². The minimum atomic E-state index is -0.297. The molecule has 0 saturated heterocycles. The highest BCUT2D eigenvalue weighted by atomic mass is 16.2. The van der Waals surface area contributed by atoms with E-state index in [0.717, 1.165) is 11.3 Å². The van der Waals surface area contributed by atoms with Crippen LogP contribution in [0, 0.1) is 13.8 Å². The maximum Gasteiger partial charge on any atom is 0.315 e. The summed E-state index contributed by atoms with van der Waals surface area (Å²) in [7, 11) is 0. The van der Waals surface area contributed by atoms with Gasteiger partial charge in [0.2, 0.25) is 0 Å². The Hall–Kier alpha value is -2.57. The van der Waals surface area contributed by atoms with Crippen molar-refractivity contribution in [2.45, 2.75) is 26.9 Å². The molecule has 0 bridgehead atoms. The fraction of sp³-hybridized carbons (Fsp3) is 0.357. The maximum atomic E-state index is 11.8. The molecule has 0 atom stereocenters. The van der Waals surface area contributed by atoms with Gasteiger partial charge in [-0.2, -0.15) is 0 Å². The Morgan fingerprint density at radius 3 is 2.86 bits per heavy atom. The van der Waals surface area contributed by atoms with Gasteiger partial charge in [0.15, 0.2) is 0 Å². The SMILES string of the molecule is Cc1cc(C)c(CNC(=O)NCCn2ccnc2)c(=O)[nH]1. The van der Waals surface area contributed by atoms with Crippen molar-refractivity contribution >= 4 is 6.03 Å². The zero-order valence-electron chi connectivity index (χ0n) is 12.1. The number of hydrogen-bond acceptors (Lipinski definition) is 3. The van der Waals surface area contributed by atoms with Gasteiger partial charge in [0.1, 0.15) is 0 Å². The number of aryl methyl sites for hydroxylation is 2. The molecule has 0 aliphatic rings. The summed E-state index contributed by atoms with van der Waals surface area (Å²) in [5.41, 5.74) is 2.09. The number of amides is 2. The molecular weight excluding hydrogens is 270 g/mol. The molecule has 2 heterocycles. The highest BCUT2D eigenvalue weighted by Gasteiger charge is 2.07. The van der Waals surface area contributed by atoms with E-state index in [1.165, 1.54) is 0 Å². The minimum absolute atomic E-state index is 0.161. The average molecular weight is 289 g/mol. The second kappa shape index (κ2) is 6.74. The monoisotopic (exact) mass is 289 g/mol. The molecule has 112 valence electrons. The lowest BCUT2D eigenvalue weighted by Gasteiger charge is -2.09. The molecule has 0 spiro atoms. The third kappa shape index (κ3) is 4.20. The van der Waals surface area contributed by atoms with E-state index < -0.39 is 0 Å². The smallest absolute Gasteiger partial charge is 0.315 e. The second-order valence-electron chi connectivity index (χ2n) is 4.85. The lowest BCUT2D eigenvalue weighted by Crippen LogP contribution is -2.38. The number of nitrogens with zero attached hydrogens (tertiary/aromatic N) is 2. The van der Waals surface area contributed by atoms with E-state index >= 15 is 0 Å². The lowest BCUT2D eigenvalue weighted by atomic mass is 10.1. The Labute approximate surface area is 122 Å². The van der Waals surface area contributed by atoms with Crippen molar-refractivity contribution in [1.29, 1.82) is 0 Å². The first-order valence-corrected chi connectivity index (χ1v) is 6.73. The summed E-state index contributed by atoms with van der Waals surface area (Å²) >= 11 is 0. The van der Waals surface area contributed by atoms with Gasteiger partial charge in [0.25, 0.3) is 5.56 Å². The van der Waals surface area contributed by atoms with Gasteiger partial charge in [0, 0.05) is 36.7 Å². The number of imidazole rings is 1. The van der Waals surface area contributed by atoms with Crippen molar-refractivity contribution in [3.8, 4) is 0 Å². The largest absolute Gasteiger partial charge is 0.336 e. The fourth-order valence-corrected chi connectivity index (χ4v) is 2.05. The van der Waals surface area contributed by atoms with Gasteiger partial charge in [-0.1, -0.05) is 0 Å². The normalized spacial score (nSPS) is 10.4. The van der Waals surface area contributed by atoms with Crippen LogP contribution in [0.3, 0.4) is 0 Å². The van der Waals surface area contributed by atoms with Crippen LogP contribution in [0.25, 0.3) is 0 Å². The zero-order chi connectivity index (χ0) is 15.2. The molecule has 0 fully saturated rings. The van der Waals surface area contributed by atoms with Crippen LogP contribution in [-0.4, -0.2) is 27.1 Å². The van der Waals surface area contributed by atoms with E-state index in [1.54, 1.807) is 12.5 Å². The van der Waals surface area contributed by atoms with Gasteiger partial charge in [-0.3, -0.25) is 4.79 Å². The first-order chi connectivity index (χ1) is 10.1. The summed E-state index contributed by atoms with van der Waals surface area (Å²) < 4.78 is 1.87. The summed E-state index contributed by atoms with van der Waals surface area (Å²) in [5.74, 6) is 0. The molecule has 0 aromatic carbocycles. The number of aromatic nitrogens is 3. The molecule has 2 aromatic heterocycles. The Morgan fingerprint density at radius 1 is 1.38 bits per heavy atom. The molecular formula is C14H19N5O2. The van der Waals surface area contributed by atoms with Crippen molar-refractivity contribution in [2.75, 3.05) is 6.54 Å². The number of urea groups is 1. The predicted octanol–water partition coefficient (Wildman–Crippen LogP) is 0.688. The van der Waals surface area contributed by atoms with E-state index in [1.807, 2.05) is 30.7 Å². The van der Waals surface area contributed by atoms with E-state index in [4.69, 9.17) is 0 Å². The molecule has 7 heteroatoms. The molecule has 0 radical (unpaired) electrons. The van der Waals surface area contributed by atoms with Crippen molar-refractivity contribution in [2.24, 2.45) is 0 Å². The number of H-pyrrole nitrogens is 1. The van der Waals surface area contributed by atoms with Crippen LogP contribution in [0.15, 0.2) is 29.6 Å². The van der Waals surface area contributed by atoms with Crippen molar-refractivity contribution < 1.29 is 4.79 Å². The molecule has 0 aliphatic heterocycles.